The molecule has 0 fully saturated rings. The lowest BCUT2D eigenvalue weighted by atomic mass is 9.99. The average Bonchev–Trinajstić information content (AvgIpc) is 3.45. The number of ether oxygens (including phenoxy) is 5. The number of benzene rings is 5. The molecule has 5 aromatic rings. The minimum absolute atomic E-state index is 0. The summed E-state index contributed by atoms with van der Waals surface area (Å²) in [5.41, 5.74) is 2.20. The van der Waals surface area contributed by atoms with E-state index in [0.29, 0.717) is 16.7 Å². The summed E-state index contributed by atoms with van der Waals surface area (Å²) < 4.78 is 24.8. The van der Waals surface area contributed by atoms with E-state index < -0.39 is 36.1 Å². The Bertz CT molecular complexity index is 2400. The first-order valence-corrected chi connectivity index (χ1v) is 25.6. The Labute approximate surface area is 500 Å². The van der Waals surface area contributed by atoms with Crippen LogP contribution in [0.2, 0.25) is 0 Å². The molecule has 0 aromatic heterocycles. The number of Topliss-reactive ketones (excluding diaryl/α,β-unsaturated/α-hetero) is 3. The largest absolute Gasteiger partial charge is 0.497 e. The van der Waals surface area contributed by atoms with E-state index in [1.807, 2.05) is 132 Å². The molecule has 20 heteroatoms. The van der Waals surface area contributed by atoms with Crippen LogP contribution < -0.4 is 19.5 Å². The maximum absolute atomic E-state index is 12.1. The molecule has 0 aliphatic rings. The third-order valence-corrected chi connectivity index (χ3v) is 11.1. The summed E-state index contributed by atoms with van der Waals surface area (Å²) in [6.07, 6.45) is -4.43. The number of hydrogen-bond donors (Lipinski definition) is 3. The third-order valence-electron chi connectivity index (χ3n) is 11.1. The molecule has 5 aromatic carbocycles. The van der Waals surface area contributed by atoms with Crippen molar-refractivity contribution < 1.29 is 67.5 Å². The molecule has 0 spiro atoms. The fraction of sp³-hybridized carbons (Fsp3) is 0.403. The molecule has 0 saturated carbocycles. The second-order valence-corrected chi connectivity index (χ2v) is 18.8. The number of rotatable bonds is 24. The maximum atomic E-state index is 12.1. The van der Waals surface area contributed by atoms with E-state index in [-0.39, 0.29) is 80.6 Å². The lowest BCUT2D eigenvalue weighted by Crippen LogP contribution is -2.45. The van der Waals surface area contributed by atoms with Gasteiger partial charge in [0.1, 0.15) is 17.2 Å². The molecule has 0 aliphatic carbocycles. The molecule has 0 amide bonds. The molecule has 82 heavy (non-hydrogen) atoms. The van der Waals surface area contributed by atoms with E-state index in [9.17, 15) is 43.8 Å². The van der Waals surface area contributed by atoms with Crippen LogP contribution in [0.1, 0.15) is 93.8 Å². The Morgan fingerprint density at radius 3 is 0.866 bits per heavy atom. The second kappa shape index (κ2) is 43.6. The maximum Gasteiger partial charge on any atom is 0.349 e. The van der Waals surface area contributed by atoms with Crippen molar-refractivity contribution >= 4 is 68.2 Å². The molecule has 5 rings (SSSR count). The van der Waals surface area contributed by atoms with Crippen LogP contribution in [-0.4, -0.2) is 175 Å². The minimum Gasteiger partial charge on any atom is -0.497 e. The number of carbonyl (C=O) groups excluding carboxylic acids is 5. The van der Waals surface area contributed by atoms with Crippen LogP contribution in [0.3, 0.4) is 0 Å². The number of carbonyl (C=O) groups is 7. The van der Waals surface area contributed by atoms with Crippen LogP contribution in [0.4, 0.5) is 0 Å². The molecule has 0 heterocycles. The highest BCUT2D eigenvalue weighted by Crippen LogP contribution is 2.20. The van der Waals surface area contributed by atoms with Crippen molar-refractivity contribution in [2.45, 2.75) is 54.3 Å². The Morgan fingerprint density at radius 1 is 0.427 bits per heavy atom. The highest BCUT2D eigenvalue weighted by Gasteiger charge is 2.41. The topological polar surface area (TPSA) is 228 Å². The van der Waals surface area contributed by atoms with Crippen LogP contribution in [0.25, 0.3) is 0 Å². The SMILES string of the molecule is C.CCNCC.COc1cccc(C(=O)C(C)CN(C)C)c1.COc1cccc(C(=O)[C@@H](C)CN(C)C)c1.COc1cccc(C(=O)[C@@H](C)CN(C)C)c1.O=C(O[C@@H](C(=O)O)[C@@H](OC(=O)c1ccccc1)C(=O)O)c1ccccc1.S.S. The molecule has 0 saturated heterocycles. The standard InChI is InChI=1S/C18H14O8.3C13H19NO2.C4H11N.CH4.2H2S/c19-15(20)13(25-17(23)11-7-3-1-4-8-11)14(16(21)22)26-18(24)12-9-5-2-6-10-12;3*1-10(9-14(2)3)13(15)11-6-5-7-12(8-11)16-4;1-3-5-4-2;;;/h1-10,13-14H,(H,19,20)(H,21,22);3*5-8,10H,9H2,1-4H3;5H,3-4H2,1-2H3;1H4;2*1H2/t13-,14-;2*10-;;;;;/m100...../s1. The van der Waals surface area contributed by atoms with Gasteiger partial charge in [0.15, 0.2) is 17.3 Å². The fourth-order valence-electron chi connectivity index (χ4n) is 7.32. The quantitative estimate of drug-likeness (QED) is 0.0386. The number of carboxylic acids is 2. The van der Waals surface area contributed by atoms with Gasteiger partial charge in [-0.15, -0.1) is 0 Å². The molecular formula is C62H90N4O14S2. The van der Waals surface area contributed by atoms with Gasteiger partial charge in [-0.05, 0) is 116 Å². The first-order chi connectivity index (χ1) is 37.4. The van der Waals surface area contributed by atoms with E-state index in [2.05, 4.69) is 19.2 Å². The lowest BCUT2D eigenvalue weighted by molar-refractivity contribution is -0.166. The van der Waals surface area contributed by atoms with E-state index in [1.54, 1.807) is 51.7 Å². The molecular weight excluding hydrogens is 1090 g/mol. The van der Waals surface area contributed by atoms with Crippen molar-refractivity contribution in [3.05, 3.63) is 161 Å². The summed E-state index contributed by atoms with van der Waals surface area (Å²) in [6, 6.07) is 36.7. The van der Waals surface area contributed by atoms with Crippen molar-refractivity contribution in [2.24, 2.45) is 17.8 Å². The number of aliphatic carboxylic acids is 2. The van der Waals surface area contributed by atoms with Crippen LogP contribution in [-0.2, 0) is 19.1 Å². The Kier molecular flexibility index (Phi) is 42.1. The minimum atomic E-state index is -2.21. The zero-order valence-electron chi connectivity index (χ0n) is 49.3. The van der Waals surface area contributed by atoms with Crippen LogP contribution in [0, 0.1) is 17.8 Å². The monoisotopic (exact) mass is 1180 g/mol. The average molecular weight is 1180 g/mol. The van der Waals surface area contributed by atoms with E-state index in [4.69, 9.17) is 23.7 Å². The van der Waals surface area contributed by atoms with Crippen molar-refractivity contribution in [2.75, 3.05) is 96.3 Å². The van der Waals surface area contributed by atoms with Gasteiger partial charge in [-0.1, -0.05) is 115 Å². The summed E-state index contributed by atoms with van der Waals surface area (Å²) in [5, 5.41) is 21.6. The van der Waals surface area contributed by atoms with Crippen LogP contribution in [0.15, 0.2) is 133 Å². The van der Waals surface area contributed by atoms with Gasteiger partial charge in [-0.25, -0.2) is 19.2 Å². The Morgan fingerprint density at radius 2 is 0.671 bits per heavy atom. The zero-order valence-corrected chi connectivity index (χ0v) is 51.3. The smallest absolute Gasteiger partial charge is 0.349 e. The predicted molar refractivity (Wildman–Crippen MR) is 333 cm³/mol. The van der Waals surface area contributed by atoms with Gasteiger partial charge in [-0.3, -0.25) is 14.4 Å². The Hall–Kier alpha value is -7.07. The van der Waals surface area contributed by atoms with Crippen molar-refractivity contribution in [3.8, 4) is 17.2 Å². The molecule has 0 aliphatic heterocycles. The number of methoxy groups -OCH3 is 3. The molecule has 3 N–H and O–H groups in total. The van der Waals surface area contributed by atoms with Gasteiger partial charge < -0.3 is 53.9 Å². The molecule has 18 nitrogen and oxygen atoms in total. The number of nitrogens with one attached hydrogen (secondary N) is 1. The number of esters is 2. The van der Waals surface area contributed by atoms with Crippen molar-refractivity contribution in [1.29, 1.82) is 0 Å². The molecule has 5 atom stereocenters. The number of nitrogens with zero attached hydrogens (tertiary/aromatic N) is 3. The summed E-state index contributed by atoms with van der Waals surface area (Å²) in [6.45, 7) is 14.5. The molecule has 0 bridgehead atoms. The summed E-state index contributed by atoms with van der Waals surface area (Å²) in [7, 11) is 16.6. The third kappa shape index (κ3) is 30.7. The summed E-state index contributed by atoms with van der Waals surface area (Å²) in [4.78, 5) is 89.1. The first kappa shape index (κ1) is 79.2. The summed E-state index contributed by atoms with van der Waals surface area (Å²) in [5.74, 6) is -2.97. The second-order valence-electron chi connectivity index (χ2n) is 18.8. The number of carboxylic acid groups (broad SMARTS) is 2. The van der Waals surface area contributed by atoms with Gasteiger partial charge in [0, 0.05) is 54.1 Å². The van der Waals surface area contributed by atoms with Crippen LogP contribution >= 0.6 is 27.0 Å². The highest BCUT2D eigenvalue weighted by molar-refractivity contribution is 7.59. The zero-order chi connectivity index (χ0) is 59.6. The molecule has 1 unspecified atom stereocenters. The number of ketones is 3. The Balaban J connectivity index is -0.000000996. The van der Waals surface area contributed by atoms with Gasteiger partial charge in [-0.2, -0.15) is 27.0 Å². The fourth-order valence-corrected chi connectivity index (χ4v) is 7.32. The molecule has 454 valence electrons. The predicted octanol–water partition coefficient (Wildman–Crippen LogP) is 9.31. The van der Waals surface area contributed by atoms with E-state index >= 15 is 0 Å². The normalized spacial score (nSPS) is 11.8. The lowest BCUT2D eigenvalue weighted by Gasteiger charge is -2.21. The van der Waals surface area contributed by atoms with Crippen LogP contribution in [0.5, 0.6) is 17.2 Å². The van der Waals surface area contributed by atoms with Gasteiger partial charge >= 0.3 is 23.9 Å². The van der Waals surface area contributed by atoms with E-state index in [1.165, 1.54) is 48.5 Å². The van der Waals surface area contributed by atoms with Crippen molar-refractivity contribution in [1.82, 2.24) is 20.0 Å². The summed E-state index contributed by atoms with van der Waals surface area (Å²) >= 11 is 0. The first-order valence-electron chi connectivity index (χ1n) is 25.6. The van der Waals surface area contributed by atoms with Crippen molar-refractivity contribution in [3.63, 3.8) is 0 Å². The number of hydrogen-bond acceptors (Lipinski definition) is 16. The highest BCUT2D eigenvalue weighted by atomic mass is 32.1. The van der Waals surface area contributed by atoms with Gasteiger partial charge in [0.25, 0.3) is 0 Å². The van der Waals surface area contributed by atoms with Gasteiger partial charge in [0.2, 0.25) is 12.2 Å². The van der Waals surface area contributed by atoms with Gasteiger partial charge in [0.05, 0.1) is 32.5 Å². The van der Waals surface area contributed by atoms with E-state index in [0.717, 1.165) is 50.0 Å². The molecule has 0 radical (unpaired) electrons.